The van der Waals surface area contributed by atoms with E-state index in [-0.39, 0.29) is 6.04 Å². The van der Waals surface area contributed by atoms with Gasteiger partial charge in [-0.3, -0.25) is 10.2 Å². The second-order valence-electron chi connectivity index (χ2n) is 6.90. The predicted molar refractivity (Wildman–Crippen MR) is 120 cm³/mol. The number of aromatic nitrogens is 3. The van der Waals surface area contributed by atoms with E-state index in [1.165, 1.54) is 11.3 Å². The van der Waals surface area contributed by atoms with Gasteiger partial charge in [0.15, 0.2) is 5.58 Å². The van der Waals surface area contributed by atoms with Crippen LogP contribution in [0.25, 0.3) is 11.1 Å². The molecule has 4 aromatic rings. The summed E-state index contributed by atoms with van der Waals surface area (Å²) in [6.45, 7) is 4.01. The Bertz CT molecular complexity index is 1250. The van der Waals surface area contributed by atoms with Crippen molar-refractivity contribution in [2.75, 3.05) is 10.2 Å². The molecule has 2 aromatic carbocycles. The van der Waals surface area contributed by atoms with Crippen LogP contribution in [-0.4, -0.2) is 21.1 Å². The van der Waals surface area contributed by atoms with Crippen LogP contribution in [0.1, 0.15) is 24.1 Å². The highest BCUT2D eigenvalue weighted by Crippen LogP contribution is 2.34. The van der Waals surface area contributed by atoms with E-state index in [1.54, 1.807) is 5.51 Å². The summed E-state index contributed by atoms with van der Waals surface area (Å²) in [4.78, 5) is 11.3. The largest absolute Gasteiger partial charge is 0.423 e. The summed E-state index contributed by atoms with van der Waals surface area (Å²) in [7, 11) is 0. The van der Waals surface area contributed by atoms with E-state index in [0.717, 1.165) is 22.3 Å². The van der Waals surface area contributed by atoms with Crippen molar-refractivity contribution in [2.24, 2.45) is 4.99 Å². The number of aryl methyl sites for hydroxylation is 1. The van der Waals surface area contributed by atoms with E-state index >= 15 is 0 Å². The molecule has 0 fully saturated rings. The lowest BCUT2D eigenvalue weighted by atomic mass is 10.0. The van der Waals surface area contributed by atoms with Crippen LogP contribution < -0.4 is 10.2 Å². The third kappa shape index (κ3) is 3.44. The average molecular weight is 437 g/mol. The van der Waals surface area contributed by atoms with Crippen LogP contribution in [0.2, 0.25) is 5.02 Å². The number of rotatable bonds is 3. The summed E-state index contributed by atoms with van der Waals surface area (Å²) < 4.78 is 5.84. The highest BCUT2D eigenvalue weighted by molar-refractivity contribution is 7.13. The van der Waals surface area contributed by atoms with Gasteiger partial charge in [0.1, 0.15) is 17.1 Å². The van der Waals surface area contributed by atoms with Gasteiger partial charge in [0.25, 0.3) is 0 Å². The third-order valence-electron chi connectivity index (χ3n) is 4.75. The van der Waals surface area contributed by atoms with Gasteiger partial charge in [0.2, 0.25) is 11.1 Å². The van der Waals surface area contributed by atoms with E-state index < -0.39 is 0 Å². The maximum atomic E-state index is 6.52. The number of hydrogen-bond donors (Lipinski definition) is 1. The molecule has 150 valence electrons. The van der Waals surface area contributed by atoms with E-state index in [2.05, 4.69) is 26.6 Å². The summed E-state index contributed by atoms with van der Waals surface area (Å²) >= 11 is 7.94. The number of nitrogens with zero attached hydrogens (tertiary/aromatic N) is 5. The van der Waals surface area contributed by atoms with Crippen molar-refractivity contribution in [3.8, 4) is 0 Å². The normalized spacial score (nSPS) is 16.5. The Morgan fingerprint density at radius 3 is 2.80 bits per heavy atom. The number of nitrogens with one attached hydrogen (secondary N) is 1. The molecule has 0 bridgehead atoms. The fourth-order valence-corrected chi connectivity index (χ4v) is 4.31. The number of allylic oxidation sites excluding steroid dienone is 1. The van der Waals surface area contributed by atoms with Crippen LogP contribution >= 0.6 is 22.9 Å². The first kappa shape index (κ1) is 18.8. The van der Waals surface area contributed by atoms with Crippen molar-refractivity contribution in [1.82, 2.24) is 15.2 Å². The number of benzene rings is 2. The summed E-state index contributed by atoms with van der Waals surface area (Å²) in [5, 5.41) is 12.8. The fourth-order valence-electron chi connectivity index (χ4n) is 3.34. The Kier molecular flexibility index (Phi) is 4.72. The number of hydrogen-bond acceptors (Lipinski definition) is 8. The number of guanidine groups is 1. The Morgan fingerprint density at radius 2 is 2.03 bits per heavy atom. The number of anilines is 2. The van der Waals surface area contributed by atoms with E-state index in [1.807, 2.05) is 61.2 Å². The molecule has 2 aromatic heterocycles. The molecule has 3 heterocycles. The minimum atomic E-state index is -0.255. The molecule has 0 radical (unpaired) electrons. The first-order chi connectivity index (χ1) is 14.6. The van der Waals surface area contributed by atoms with Crippen LogP contribution in [0, 0.1) is 6.92 Å². The van der Waals surface area contributed by atoms with Gasteiger partial charge in [-0.25, -0.2) is 4.99 Å². The molecule has 0 amide bonds. The highest BCUT2D eigenvalue weighted by Gasteiger charge is 2.27. The number of aliphatic imine (C=N–C) groups is 1. The molecule has 7 nitrogen and oxygen atoms in total. The van der Waals surface area contributed by atoms with Gasteiger partial charge in [-0.05, 0) is 49.2 Å². The monoisotopic (exact) mass is 436 g/mol. The molecular weight excluding hydrogens is 420 g/mol. The third-order valence-corrected chi connectivity index (χ3v) is 5.75. The van der Waals surface area contributed by atoms with Gasteiger partial charge in [-0.15, -0.1) is 10.2 Å². The Morgan fingerprint density at radius 1 is 1.17 bits per heavy atom. The van der Waals surface area contributed by atoms with Gasteiger partial charge < -0.3 is 4.42 Å². The lowest BCUT2D eigenvalue weighted by Gasteiger charge is -2.29. The molecule has 1 atom stereocenters. The average Bonchev–Trinajstić information content (AvgIpc) is 3.37. The number of fused-ring (bicyclic) bond motifs is 1. The number of oxazole rings is 1. The molecule has 0 aliphatic carbocycles. The van der Waals surface area contributed by atoms with Crippen molar-refractivity contribution < 1.29 is 4.42 Å². The lowest BCUT2D eigenvalue weighted by molar-refractivity contribution is 0.623. The molecule has 1 aliphatic rings. The van der Waals surface area contributed by atoms with Crippen LogP contribution in [-0.2, 0) is 0 Å². The molecule has 0 spiro atoms. The lowest BCUT2D eigenvalue weighted by Crippen LogP contribution is -2.38. The number of para-hydroxylation sites is 2. The Balaban J connectivity index is 1.57. The molecule has 1 aliphatic heterocycles. The smallest absolute Gasteiger partial charge is 0.302 e. The van der Waals surface area contributed by atoms with Gasteiger partial charge >= 0.3 is 6.01 Å². The first-order valence-corrected chi connectivity index (χ1v) is 10.6. The zero-order valence-electron chi connectivity index (χ0n) is 16.2. The van der Waals surface area contributed by atoms with Crippen molar-refractivity contribution >= 4 is 51.1 Å². The first-order valence-electron chi connectivity index (χ1n) is 9.29. The fraction of sp³-hybridized carbons (Fsp3) is 0.143. The molecule has 1 unspecified atom stereocenters. The van der Waals surface area contributed by atoms with E-state index in [4.69, 9.17) is 21.0 Å². The molecular formula is C21H17ClN6OS. The topological polar surface area (TPSA) is 79.4 Å². The minimum Gasteiger partial charge on any atom is -0.423 e. The summed E-state index contributed by atoms with van der Waals surface area (Å²) in [5.74, 6) is 0.542. The van der Waals surface area contributed by atoms with Crippen LogP contribution in [0.5, 0.6) is 0 Å². The quantitative estimate of drug-likeness (QED) is 0.452. The van der Waals surface area contributed by atoms with Crippen LogP contribution in [0.15, 0.2) is 69.2 Å². The van der Waals surface area contributed by atoms with E-state index in [9.17, 15) is 0 Å². The Hall–Kier alpha value is -3.23. The maximum absolute atomic E-state index is 6.52. The SMILES string of the molecule is CC1=CC(c2ccc(C)cc2Cl)N=C(Nc2nc3ccccc3o2)N1c1nncs1. The zero-order valence-corrected chi connectivity index (χ0v) is 17.8. The van der Waals surface area contributed by atoms with Crippen molar-refractivity contribution in [1.29, 1.82) is 0 Å². The van der Waals surface area contributed by atoms with Crippen molar-refractivity contribution in [3.05, 3.63) is 75.9 Å². The van der Waals surface area contributed by atoms with E-state index in [0.29, 0.717) is 27.7 Å². The maximum Gasteiger partial charge on any atom is 0.302 e. The molecule has 1 N–H and O–H groups in total. The molecule has 5 rings (SSSR count). The van der Waals surface area contributed by atoms with Crippen molar-refractivity contribution in [2.45, 2.75) is 19.9 Å². The van der Waals surface area contributed by atoms with Gasteiger partial charge in [0, 0.05) is 10.7 Å². The summed E-state index contributed by atoms with van der Waals surface area (Å²) in [5.41, 5.74) is 6.12. The number of halogens is 1. The molecule has 0 saturated heterocycles. The van der Waals surface area contributed by atoms with Crippen molar-refractivity contribution in [3.63, 3.8) is 0 Å². The second kappa shape index (κ2) is 7.55. The minimum absolute atomic E-state index is 0.255. The Labute approximate surface area is 181 Å². The molecule has 30 heavy (non-hydrogen) atoms. The highest BCUT2D eigenvalue weighted by atomic mass is 35.5. The van der Waals surface area contributed by atoms with Gasteiger partial charge in [0.05, 0.1) is 0 Å². The van der Waals surface area contributed by atoms with Gasteiger partial charge in [-0.1, -0.05) is 47.2 Å². The molecule has 0 saturated carbocycles. The summed E-state index contributed by atoms with van der Waals surface area (Å²) in [6, 6.07) is 13.7. The van der Waals surface area contributed by atoms with Gasteiger partial charge in [-0.2, -0.15) is 4.98 Å². The second-order valence-corrected chi connectivity index (χ2v) is 8.12. The molecule has 9 heteroatoms. The van der Waals surface area contributed by atoms with Crippen LogP contribution in [0.3, 0.4) is 0 Å². The standard InChI is InChI=1S/C21H17ClN6OS/c1-12-7-8-14(15(22)9-12)17-10-13(2)28(21-27-23-11-30-21)19(24-17)26-20-25-16-5-3-4-6-18(16)29-20/h3-11,17H,1-2H3,(H,24,25,26). The zero-order chi connectivity index (χ0) is 20.7. The van der Waals surface area contributed by atoms with Crippen LogP contribution in [0.4, 0.5) is 11.1 Å². The predicted octanol–water partition coefficient (Wildman–Crippen LogP) is 5.57. The summed E-state index contributed by atoms with van der Waals surface area (Å²) in [6.07, 6.45) is 2.05.